The van der Waals surface area contributed by atoms with E-state index < -0.39 is 5.54 Å². The zero-order chi connectivity index (χ0) is 18.9. The van der Waals surface area contributed by atoms with E-state index >= 15 is 0 Å². The van der Waals surface area contributed by atoms with Gasteiger partial charge in [0.05, 0.1) is 13.7 Å². The molecule has 1 aliphatic heterocycles. The maximum Gasteiger partial charge on any atom is 0.192 e. The summed E-state index contributed by atoms with van der Waals surface area (Å²) in [4.78, 5) is 11.1. The van der Waals surface area contributed by atoms with Gasteiger partial charge in [-0.1, -0.05) is 48.5 Å². The quantitative estimate of drug-likeness (QED) is 0.777. The highest BCUT2D eigenvalue weighted by Crippen LogP contribution is 2.40. The van der Waals surface area contributed by atoms with Gasteiger partial charge in [-0.2, -0.15) is 0 Å². The van der Waals surface area contributed by atoms with E-state index in [1.54, 1.807) is 13.3 Å². The van der Waals surface area contributed by atoms with Gasteiger partial charge in [0.25, 0.3) is 0 Å². The second-order valence-corrected chi connectivity index (χ2v) is 6.71. The van der Waals surface area contributed by atoms with Crippen LogP contribution in [-0.2, 0) is 5.54 Å². The summed E-state index contributed by atoms with van der Waals surface area (Å²) in [5, 5.41) is 0. The summed E-state index contributed by atoms with van der Waals surface area (Å²) in [5.41, 5.74) is 9.83. The van der Waals surface area contributed by atoms with Crippen molar-refractivity contribution in [3.63, 3.8) is 0 Å². The number of methoxy groups -OCH3 is 1. The maximum absolute atomic E-state index is 6.17. The number of likely N-dealkylation sites (N-methyl/N-ethyl adjacent to an activating group) is 1. The topological polar surface area (TPSA) is 63.7 Å². The molecule has 1 unspecified atom stereocenters. The molecule has 2 heterocycles. The Morgan fingerprint density at radius 3 is 2.52 bits per heavy atom. The number of benzene rings is 2. The van der Waals surface area contributed by atoms with Crippen LogP contribution in [0.25, 0.3) is 11.1 Å². The fraction of sp³-hybridized carbons (Fsp3) is 0.182. The first-order valence-electron chi connectivity index (χ1n) is 8.85. The highest BCUT2D eigenvalue weighted by Gasteiger charge is 2.40. The molecule has 0 bridgehead atoms. The van der Waals surface area contributed by atoms with Crippen molar-refractivity contribution in [2.45, 2.75) is 5.54 Å². The fourth-order valence-electron chi connectivity index (χ4n) is 3.65. The first kappa shape index (κ1) is 17.1. The number of nitrogens with two attached hydrogens (primary N) is 1. The number of hydrogen-bond acceptors (Lipinski definition) is 5. The average Bonchev–Trinajstić information content (AvgIpc) is 3.04. The maximum atomic E-state index is 6.17. The molecular formula is C22H22N4O. The van der Waals surface area contributed by atoms with Crippen molar-refractivity contribution in [3.8, 4) is 16.9 Å². The summed E-state index contributed by atoms with van der Waals surface area (Å²) >= 11 is 0. The number of rotatable bonds is 4. The first-order valence-corrected chi connectivity index (χ1v) is 8.85. The van der Waals surface area contributed by atoms with Crippen LogP contribution in [0.4, 0.5) is 0 Å². The molecule has 2 N–H and O–H groups in total. The van der Waals surface area contributed by atoms with Crippen molar-refractivity contribution < 1.29 is 4.74 Å². The zero-order valence-electron chi connectivity index (χ0n) is 15.5. The molecule has 0 spiro atoms. The minimum Gasteiger partial charge on any atom is -0.496 e. The SMILES string of the molecule is COc1ccncc1-c1cccc(C2(c3ccccc3)CN(C)C(N)=N2)c1. The molecule has 5 nitrogen and oxygen atoms in total. The van der Waals surface area contributed by atoms with Gasteiger partial charge in [0.2, 0.25) is 0 Å². The number of aliphatic imine (C=N–C) groups is 1. The summed E-state index contributed by atoms with van der Waals surface area (Å²) in [7, 11) is 3.64. The first-order chi connectivity index (χ1) is 13.1. The lowest BCUT2D eigenvalue weighted by molar-refractivity contribution is 0.416. The molecule has 5 heteroatoms. The minimum absolute atomic E-state index is 0.536. The van der Waals surface area contributed by atoms with Gasteiger partial charge in [0.15, 0.2) is 5.96 Å². The molecule has 27 heavy (non-hydrogen) atoms. The molecule has 0 saturated carbocycles. The number of guanidine groups is 1. The molecule has 3 aromatic rings. The van der Waals surface area contributed by atoms with Gasteiger partial charge in [0.1, 0.15) is 11.3 Å². The molecule has 1 atom stereocenters. The third-order valence-corrected chi connectivity index (χ3v) is 5.07. The van der Waals surface area contributed by atoms with Crippen LogP contribution in [0, 0.1) is 0 Å². The van der Waals surface area contributed by atoms with E-state index in [2.05, 4.69) is 35.3 Å². The van der Waals surface area contributed by atoms with Crippen LogP contribution in [0.1, 0.15) is 11.1 Å². The largest absolute Gasteiger partial charge is 0.496 e. The van der Waals surface area contributed by atoms with E-state index in [1.807, 2.05) is 48.5 Å². The monoisotopic (exact) mass is 358 g/mol. The summed E-state index contributed by atoms with van der Waals surface area (Å²) in [6, 6.07) is 20.5. The lowest BCUT2D eigenvalue weighted by atomic mass is 9.82. The predicted molar refractivity (Wildman–Crippen MR) is 108 cm³/mol. The lowest BCUT2D eigenvalue weighted by Gasteiger charge is -2.28. The standard InChI is InChI=1S/C22H22N4O/c1-26-15-22(25-21(26)23,17-8-4-3-5-9-17)18-10-6-7-16(13-18)19-14-24-12-11-20(19)27-2/h3-14H,15H2,1-2H3,(H2,23,25). The molecule has 4 rings (SSSR count). The van der Waals surface area contributed by atoms with Crippen LogP contribution < -0.4 is 10.5 Å². The number of aromatic nitrogens is 1. The van der Waals surface area contributed by atoms with Crippen molar-refractivity contribution in [2.24, 2.45) is 10.7 Å². The molecule has 0 aliphatic carbocycles. The Labute approximate surface area is 159 Å². The van der Waals surface area contributed by atoms with Crippen LogP contribution in [0.15, 0.2) is 78.0 Å². The van der Waals surface area contributed by atoms with E-state index in [0.717, 1.165) is 28.0 Å². The molecule has 0 saturated heterocycles. The number of nitrogens with zero attached hydrogens (tertiary/aromatic N) is 3. The molecule has 0 fully saturated rings. The Hall–Kier alpha value is -3.34. The van der Waals surface area contributed by atoms with Crippen LogP contribution in [0.5, 0.6) is 5.75 Å². The molecule has 1 aliphatic rings. The zero-order valence-corrected chi connectivity index (χ0v) is 15.5. The van der Waals surface area contributed by atoms with E-state index in [1.165, 1.54) is 0 Å². The molecular weight excluding hydrogens is 336 g/mol. The second-order valence-electron chi connectivity index (χ2n) is 6.71. The van der Waals surface area contributed by atoms with Crippen molar-refractivity contribution in [3.05, 3.63) is 84.2 Å². The summed E-state index contributed by atoms with van der Waals surface area (Å²) in [5.74, 6) is 1.34. The Balaban J connectivity index is 1.88. The highest BCUT2D eigenvalue weighted by atomic mass is 16.5. The van der Waals surface area contributed by atoms with Gasteiger partial charge in [-0.3, -0.25) is 4.98 Å². The highest BCUT2D eigenvalue weighted by molar-refractivity contribution is 5.82. The van der Waals surface area contributed by atoms with E-state index in [0.29, 0.717) is 12.5 Å². The van der Waals surface area contributed by atoms with E-state index in [4.69, 9.17) is 15.5 Å². The van der Waals surface area contributed by atoms with Gasteiger partial charge in [0, 0.05) is 25.0 Å². The fourth-order valence-corrected chi connectivity index (χ4v) is 3.65. The third-order valence-electron chi connectivity index (χ3n) is 5.07. The van der Waals surface area contributed by atoms with Crippen LogP contribution in [-0.4, -0.2) is 36.5 Å². The van der Waals surface area contributed by atoms with Gasteiger partial charge < -0.3 is 15.4 Å². The average molecular weight is 358 g/mol. The Bertz CT molecular complexity index is 986. The van der Waals surface area contributed by atoms with Crippen molar-refractivity contribution >= 4 is 5.96 Å². The number of hydrogen-bond donors (Lipinski definition) is 1. The Kier molecular flexibility index (Phi) is 4.28. The molecule has 2 aromatic carbocycles. The Morgan fingerprint density at radius 2 is 1.81 bits per heavy atom. The molecule has 1 aromatic heterocycles. The minimum atomic E-state index is -0.536. The number of pyridine rings is 1. The van der Waals surface area contributed by atoms with E-state index in [-0.39, 0.29) is 0 Å². The summed E-state index contributed by atoms with van der Waals surface area (Å²) in [6.07, 6.45) is 3.56. The molecule has 136 valence electrons. The van der Waals surface area contributed by atoms with E-state index in [9.17, 15) is 0 Å². The van der Waals surface area contributed by atoms with Crippen LogP contribution >= 0.6 is 0 Å². The van der Waals surface area contributed by atoms with Gasteiger partial charge in [-0.15, -0.1) is 0 Å². The third kappa shape index (κ3) is 2.91. The van der Waals surface area contributed by atoms with Crippen molar-refractivity contribution in [1.29, 1.82) is 0 Å². The van der Waals surface area contributed by atoms with Crippen molar-refractivity contribution in [1.82, 2.24) is 9.88 Å². The number of ether oxygens (including phenoxy) is 1. The van der Waals surface area contributed by atoms with Gasteiger partial charge in [-0.25, -0.2) is 4.99 Å². The second kappa shape index (κ2) is 6.76. The summed E-state index contributed by atoms with van der Waals surface area (Å²) < 4.78 is 5.51. The van der Waals surface area contributed by atoms with Gasteiger partial charge >= 0.3 is 0 Å². The summed E-state index contributed by atoms with van der Waals surface area (Å²) in [6.45, 7) is 0.691. The lowest BCUT2D eigenvalue weighted by Crippen LogP contribution is -2.34. The van der Waals surface area contributed by atoms with Gasteiger partial charge in [-0.05, 0) is 28.8 Å². The van der Waals surface area contributed by atoms with Crippen LogP contribution in [0.3, 0.4) is 0 Å². The molecule has 0 amide bonds. The molecule has 0 radical (unpaired) electrons. The Morgan fingerprint density at radius 1 is 1.04 bits per heavy atom. The van der Waals surface area contributed by atoms with Crippen LogP contribution in [0.2, 0.25) is 0 Å². The normalized spacial score (nSPS) is 19.0. The van der Waals surface area contributed by atoms with Crippen molar-refractivity contribution in [2.75, 3.05) is 20.7 Å². The smallest absolute Gasteiger partial charge is 0.192 e. The predicted octanol–water partition coefficient (Wildman–Crippen LogP) is 3.26.